The lowest BCUT2D eigenvalue weighted by Gasteiger charge is -2.39. The lowest BCUT2D eigenvalue weighted by molar-refractivity contribution is -0.146. The van der Waals surface area contributed by atoms with Gasteiger partial charge in [-0.05, 0) is 80.8 Å². The van der Waals surface area contributed by atoms with Crippen LogP contribution in [0.15, 0.2) is 33.7 Å². The number of hydrogen-bond donors (Lipinski definition) is 0. The fraction of sp³-hybridized carbons (Fsp3) is 0.652. The van der Waals surface area contributed by atoms with Gasteiger partial charge in [0.1, 0.15) is 5.75 Å². The lowest BCUT2D eigenvalue weighted by atomic mass is 9.93. The summed E-state index contributed by atoms with van der Waals surface area (Å²) in [5, 5.41) is 3.10. The number of benzene rings is 1. The highest BCUT2D eigenvalue weighted by Gasteiger charge is 2.46. The minimum absolute atomic E-state index is 0.0369. The van der Waals surface area contributed by atoms with E-state index < -0.39 is 21.8 Å². The molecule has 2 bridgehead atoms. The number of anilines is 1. The molecule has 2 aliphatic heterocycles. The summed E-state index contributed by atoms with van der Waals surface area (Å²) in [7, 11) is -3.23. The monoisotopic (exact) mass is 515 g/mol. The molecule has 0 spiro atoms. The Hall–Kier alpha value is -2.34. The van der Waals surface area contributed by atoms with Gasteiger partial charge in [-0.15, -0.1) is 0 Å². The molecule has 1 aliphatic carbocycles. The first-order chi connectivity index (χ1) is 16.6. The molecule has 1 aromatic heterocycles. The summed E-state index contributed by atoms with van der Waals surface area (Å²) < 4.78 is 79.1. The van der Waals surface area contributed by atoms with Gasteiger partial charge in [0.2, 0.25) is 0 Å². The molecule has 3 atom stereocenters. The molecule has 8 nitrogen and oxygen atoms in total. The lowest BCUT2D eigenvalue weighted by Crippen LogP contribution is -2.47. The third-order valence-electron chi connectivity index (χ3n) is 7.14. The second-order valence-electron chi connectivity index (χ2n) is 9.68. The van der Waals surface area contributed by atoms with Crippen molar-refractivity contribution >= 4 is 15.9 Å². The van der Waals surface area contributed by atoms with Crippen molar-refractivity contribution < 1.29 is 35.6 Å². The maximum absolute atomic E-state index is 12.9. The maximum Gasteiger partial charge on any atom is 0.455 e. The molecule has 1 saturated carbocycles. The molecule has 3 aliphatic rings. The number of ether oxygens (including phenoxy) is 2. The van der Waals surface area contributed by atoms with E-state index in [1.54, 1.807) is 24.3 Å². The molecule has 35 heavy (non-hydrogen) atoms. The minimum atomic E-state index is -4.62. The summed E-state index contributed by atoms with van der Waals surface area (Å²) in [6.07, 6.45) is 3.38. The molecule has 0 amide bonds. The van der Waals surface area contributed by atoms with Gasteiger partial charge in [0, 0.05) is 18.3 Å². The fourth-order valence-corrected chi connectivity index (χ4v) is 6.13. The van der Waals surface area contributed by atoms with Crippen molar-refractivity contribution in [2.75, 3.05) is 11.2 Å². The van der Waals surface area contributed by atoms with E-state index in [9.17, 15) is 21.6 Å². The van der Waals surface area contributed by atoms with Crippen LogP contribution in [0.3, 0.4) is 0 Å². The summed E-state index contributed by atoms with van der Waals surface area (Å²) in [5.74, 6) is -0.587. The Morgan fingerprint density at radius 3 is 2.09 bits per heavy atom. The largest absolute Gasteiger partial charge is 0.490 e. The molecule has 1 unspecified atom stereocenters. The zero-order valence-corrected chi connectivity index (χ0v) is 20.1. The average molecular weight is 516 g/mol. The van der Waals surface area contributed by atoms with Crippen molar-refractivity contribution in [3.63, 3.8) is 0 Å². The SMILES string of the molecule is CS(=O)(=O)c1ccc(OC2CCC(OC3C[C@H]4CC[C@@H](C3)N4c3nc(C(F)(F)F)no3)CC2)cc1. The second kappa shape index (κ2) is 9.27. The van der Waals surface area contributed by atoms with Gasteiger partial charge in [-0.2, -0.15) is 18.2 Å². The quantitative estimate of drug-likeness (QED) is 0.559. The van der Waals surface area contributed by atoms with Gasteiger partial charge >= 0.3 is 12.2 Å². The zero-order chi connectivity index (χ0) is 24.8. The van der Waals surface area contributed by atoms with Crippen LogP contribution in [0.1, 0.15) is 57.2 Å². The van der Waals surface area contributed by atoms with Crippen LogP contribution >= 0.6 is 0 Å². The maximum atomic E-state index is 12.9. The first-order valence-electron chi connectivity index (χ1n) is 11.9. The molecule has 0 N–H and O–H groups in total. The van der Waals surface area contributed by atoms with Gasteiger partial charge in [-0.25, -0.2) is 8.42 Å². The molecule has 3 heterocycles. The number of piperidine rings is 1. The molecule has 3 fully saturated rings. The van der Waals surface area contributed by atoms with Crippen molar-refractivity contribution in [3.8, 4) is 5.75 Å². The number of sulfone groups is 1. The Bertz CT molecular complexity index is 1120. The molecule has 1 aromatic carbocycles. The van der Waals surface area contributed by atoms with Crippen LogP contribution < -0.4 is 9.64 Å². The van der Waals surface area contributed by atoms with E-state index >= 15 is 0 Å². The van der Waals surface area contributed by atoms with E-state index in [0.29, 0.717) is 5.75 Å². The van der Waals surface area contributed by atoms with E-state index in [1.165, 1.54) is 6.26 Å². The molecule has 0 radical (unpaired) electrons. The van der Waals surface area contributed by atoms with Gasteiger partial charge < -0.3 is 18.9 Å². The number of alkyl halides is 3. The van der Waals surface area contributed by atoms with Crippen LogP contribution in [-0.2, 0) is 20.8 Å². The zero-order valence-electron chi connectivity index (χ0n) is 19.3. The van der Waals surface area contributed by atoms with E-state index in [1.807, 2.05) is 4.90 Å². The molecular weight excluding hydrogens is 487 g/mol. The third kappa shape index (κ3) is 5.42. The van der Waals surface area contributed by atoms with E-state index in [4.69, 9.17) is 14.0 Å². The molecule has 2 saturated heterocycles. The van der Waals surface area contributed by atoms with Crippen LogP contribution in [0.4, 0.5) is 19.2 Å². The third-order valence-corrected chi connectivity index (χ3v) is 8.27. The summed E-state index contributed by atoms with van der Waals surface area (Å²) in [6.45, 7) is 0. The second-order valence-corrected chi connectivity index (χ2v) is 11.7. The normalized spacial score (nSPS) is 29.4. The molecule has 5 rings (SSSR count). The number of aromatic nitrogens is 2. The van der Waals surface area contributed by atoms with E-state index in [2.05, 4.69) is 10.1 Å². The van der Waals surface area contributed by atoms with Crippen LogP contribution in [0.5, 0.6) is 5.75 Å². The Balaban J connectivity index is 1.10. The van der Waals surface area contributed by atoms with Crippen LogP contribution in [0.25, 0.3) is 0 Å². The van der Waals surface area contributed by atoms with Gasteiger partial charge in [-0.3, -0.25) is 0 Å². The summed E-state index contributed by atoms with van der Waals surface area (Å²) in [4.78, 5) is 5.70. The van der Waals surface area contributed by atoms with Gasteiger partial charge in [0.25, 0.3) is 5.82 Å². The van der Waals surface area contributed by atoms with Crippen molar-refractivity contribution in [3.05, 3.63) is 30.1 Å². The van der Waals surface area contributed by atoms with Crippen molar-refractivity contribution in [2.24, 2.45) is 0 Å². The Labute approximate surface area is 201 Å². The number of fused-ring (bicyclic) bond motifs is 2. The molecule has 12 heteroatoms. The van der Waals surface area contributed by atoms with Crippen molar-refractivity contribution in [1.82, 2.24) is 10.1 Å². The summed E-state index contributed by atoms with van der Waals surface area (Å²) >= 11 is 0. The van der Waals surface area contributed by atoms with Crippen LogP contribution in [0, 0.1) is 0 Å². The van der Waals surface area contributed by atoms with Gasteiger partial charge in [-0.1, -0.05) is 0 Å². The highest BCUT2D eigenvalue weighted by Crippen LogP contribution is 2.41. The van der Waals surface area contributed by atoms with Gasteiger partial charge in [0.05, 0.1) is 23.2 Å². The van der Waals surface area contributed by atoms with E-state index in [0.717, 1.165) is 51.4 Å². The summed E-state index contributed by atoms with van der Waals surface area (Å²) in [5.41, 5.74) is 0. The topological polar surface area (TPSA) is 94.8 Å². The Morgan fingerprint density at radius 1 is 0.943 bits per heavy atom. The first kappa shape index (κ1) is 24.4. The first-order valence-corrected chi connectivity index (χ1v) is 13.8. The molecule has 2 aromatic rings. The average Bonchev–Trinajstić information content (AvgIpc) is 3.38. The highest BCUT2D eigenvalue weighted by atomic mass is 32.2. The predicted molar refractivity (Wildman–Crippen MR) is 119 cm³/mol. The minimum Gasteiger partial charge on any atom is -0.490 e. The van der Waals surface area contributed by atoms with Crippen LogP contribution in [-0.4, -0.2) is 55.2 Å². The standard InChI is InChI=1S/C23H28F3N3O5S/c1-35(30,31)20-10-8-18(9-11-20)32-16-4-6-17(7-5-16)33-19-12-14-2-3-15(13-19)29(14)22-27-21(28-34-22)23(24,25)26/h8-11,14-17,19H,2-7,12-13H2,1H3/t14-,15+,16?,17?,19?. The molecule has 192 valence electrons. The Kier molecular flexibility index (Phi) is 6.45. The Morgan fingerprint density at radius 2 is 1.54 bits per heavy atom. The predicted octanol–water partition coefficient (Wildman–Crippen LogP) is 4.40. The number of rotatable bonds is 6. The van der Waals surface area contributed by atoms with Crippen molar-refractivity contribution in [2.45, 2.75) is 92.8 Å². The smallest absolute Gasteiger partial charge is 0.455 e. The highest BCUT2D eigenvalue weighted by molar-refractivity contribution is 7.90. The van der Waals surface area contributed by atoms with Gasteiger partial charge in [0.15, 0.2) is 9.84 Å². The van der Waals surface area contributed by atoms with Crippen LogP contribution in [0.2, 0.25) is 0 Å². The van der Waals surface area contributed by atoms with E-state index in [-0.39, 0.29) is 41.3 Å². The number of nitrogens with zero attached hydrogens (tertiary/aromatic N) is 3. The van der Waals surface area contributed by atoms with Crippen molar-refractivity contribution in [1.29, 1.82) is 0 Å². The molecular formula is C23H28F3N3O5S. The number of hydrogen-bond acceptors (Lipinski definition) is 8. The fourth-order valence-electron chi connectivity index (χ4n) is 5.50. The number of halogens is 3. The summed E-state index contributed by atoms with van der Waals surface area (Å²) in [6, 6.07) is 6.50.